The monoisotopic (exact) mass is 356 g/mol. The second-order valence-electron chi connectivity index (χ2n) is 6.65. The van der Waals surface area contributed by atoms with Gasteiger partial charge in [0.1, 0.15) is 5.65 Å². The van der Waals surface area contributed by atoms with Crippen molar-refractivity contribution >= 4 is 22.7 Å². The van der Waals surface area contributed by atoms with E-state index in [4.69, 9.17) is 9.47 Å². The van der Waals surface area contributed by atoms with E-state index in [0.29, 0.717) is 30.4 Å². The number of H-pyrrole nitrogens is 1. The van der Waals surface area contributed by atoms with Gasteiger partial charge in [-0.05, 0) is 26.3 Å². The first-order chi connectivity index (χ1) is 12.7. The molecule has 0 radical (unpaired) electrons. The molecule has 3 aromatic heterocycles. The average Bonchev–Trinajstić information content (AvgIpc) is 3.24. The highest BCUT2D eigenvalue weighted by Crippen LogP contribution is 2.31. The van der Waals surface area contributed by atoms with Gasteiger partial charge in [-0.3, -0.25) is 4.68 Å². The third-order valence-corrected chi connectivity index (χ3v) is 4.86. The third-order valence-electron chi connectivity index (χ3n) is 4.86. The van der Waals surface area contributed by atoms with Gasteiger partial charge in [-0.1, -0.05) is 6.92 Å². The van der Waals surface area contributed by atoms with Gasteiger partial charge in [0, 0.05) is 18.7 Å². The van der Waals surface area contributed by atoms with Crippen LogP contribution in [0.4, 0.5) is 11.6 Å². The summed E-state index contributed by atoms with van der Waals surface area (Å²) in [7, 11) is 0. The molecule has 0 saturated carbocycles. The molecule has 1 aliphatic heterocycles. The number of hydrogen-bond donors (Lipinski definition) is 2. The van der Waals surface area contributed by atoms with E-state index in [1.54, 1.807) is 0 Å². The maximum atomic E-state index is 5.65. The smallest absolute Gasteiger partial charge is 0.232 e. The zero-order valence-electron chi connectivity index (χ0n) is 15.3. The minimum atomic E-state index is 0.352. The molecule has 4 heterocycles. The lowest BCUT2D eigenvalue weighted by molar-refractivity contribution is 0.0244. The number of fused-ring (bicyclic) bond motifs is 1. The maximum Gasteiger partial charge on any atom is 0.232 e. The molecule has 4 rings (SSSR count). The summed E-state index contributed by atoms with van der Waals surface area (Å²) < 4.78 is 13.3. The third kappa shape index (κ3) is 3.01. The Morgan fingerprint density at radius 1 is 1.42 bits per heavy atom. The lowest BCUT2D eigenvalue weighted by Gasteiger charge is -2.30. The first-order valence-electron chi connectivity index (χ1n) is 9.04. The van der Waals surface area contributed by atoms with Gasteiger partial charge in [-0.15, -0.1) is 0 Å². The summed E-state index contributed by atoms with van der Waals surface area (Å²) in [6.07, 6.45) is 4.64. The predicted molar refractivity (Wildman–Crippen MR) is 98.9 cm³/mol. The van der Waals surface area contributed by atoms with Crippen molar-refractivity contribution in [2.45, 2.75) is 33.2 Å². The number of anilines is 2. The van der Waals surface area contributed by atoms with Gasteiger partial charge >= 0.3 is 0 Å². The van der Waals surface area contributed by atoms with Crippen LogP contribution in [0, 0.1) is 12.8 Å². The molecular formula is C18H24N6O2. The van der Waals surface area contributed by atoms with Crippen molar-refractivity contribution in [3.63, 3.8) is 0 Å². The van der Waals surface area contributed by atoms with Crippen LogP contribution in [0.15, 0.2) is 18.5 Å². The number of ether oxygens (including phenoxy) is 2. The van der Waals surface area contributed by atoms with Gasteiger partial charge in [-0.25, -0.2) is 0 Å². The average molecular weight is 356 g/mol. The van der Waals surface area contributed by atoms with Gasteiger partial charge in [-0.2, -0.15) is 15.1 Å². The van der Waals surface area contributed by atoms with Gasteiger partial charge in [0.15, 0.2) is 0 Å². The quantitative estimate of drug-likeness (QED) is 0.730. The van der Waals surface area contributed by atoms with Crippen LogP contribution >= 0.6 is 0 Å². The van der Waals surface area contributed by atoms with Crippen LogP contribution in [0.5, 0.6) is 5.88 Å². The minimum absolute atomic E-state index is 0.352. The highest BCUT2D eigenvalue weighted by atomic mass is 16.5. The molecule has 0 bridgehead atoms. The minimum Gasteiger partial charge on any atom is -0.477 e. The number of rotatable bonds is 5. The van der Waals surface area contributed by atoms with Crippen molar-refractivity contribution in [3.8, 4) is 5.88 Å². The molecule has 1 fully saturated rings. The molecule has 0 aliphatic carbocycles. The molecule has 2 atom stereocenters. The summed E-state index contributed by atoms with van der Waals surface area (Å²) in [6, 6.07) is 2.27. The molecule has 2 N–H and O–H groups in total. The first kappa shape index (κ1) is 16.8. The summed E-state index contributed by atoms with van der Waals surface area (Å²) in [5, 5.41) is 8.77. The first-order valence-corrected chi connectivity index (χ1v) is 9.04. The topological polar surface area (TPSA) is 89.9 Å². The fourth-order valence-corrected chi connectivity index (χ4v) is 3.45. The van der Waals surface area contributed by atoms with Gasteiger partial charge in [0.2, 0.25) is 11.8 Å². The Labute approximate surface area is 151 Å². The molecule has 1 aliphatic rings. The molecule has 8 heteroatoms. The standard InChI is InChI=1S/C18H24N6O2/c1-4-26-17-13-5-7-19-16(13)22-18(23-17)21-14-9-20-24(12(14)3)15-6-8-25-10-11(15)2/h5,7,9,11,15H,4,6,8,10H2,1-3H3,(H2,19,21,22,23)/t11-,15-/m1/s1. The van der Waals surface area contributed by atoms with E-state index in [1.807, 2.05) is 25.4 Å². The van der Waals surface area contributed by atoms with Crippen LogP contribution in [0.3, 0.4) is 0 Å². The van der Waals surface area contributed by atoms with Crippen LogP contribution in [0.25, 0.3) is 11.0 Å². The van der Waals surface area contributed by atoms with Gasteiger partial charge in [0.05, 0.1) is 42.2 Å². The Morgan fingerprint density at radius 3 is 3.12 bits per heavy atom. The summed E-state index contributed by atoms with van der Waals surface area (Å²) >= 11 is 0. The van der Waals surface area contributed by atoms with Crippen LogP contribution in [0.2, 0.25) is 0 Å². The van der Waals surface area contributed by atoms with E-state index in [1.165, 1.54) is 0 Å². The normalized spacial score (nSPS) is 20.4. The van der Waals surface area contributed by atoms with E-state index < -0.39 is 0 Å². The van der Waals surface area contributed by atoms with Crippen molar-refractivity contribution < 1.29 is 9.47 Å². The number of aromatic nitrogens is 5. The Morgan fingerprint density at radius 2 is 2.31 bits per heavy atom. The fraction of sp³-hybridized carbons (Fsp3) is 0.500. The SMILES string of the molecule is CCOc1nc(Nc2cnn([C@@H]3CCOC[C@H]3C)c2C)nc2[nH]ccc12. The molecule has 0 spiro atoms. The summed E-state index contributed by atoms with van der Waals surface area (Å²) in [5.74, 6) is 1.50. The Kier molecular flexibility index (Phi) is 4.50. The number of hydrogen-bond acceptors (Lipinski definition) is 6. The zero-order valence-corrected chi connectivity index (χ0v) is 15.3. The largest absolute Gasteiger partial charge is 0.477 e. The Balaban J connectivity index is 1.62. The predicted octanol–water partition coefficient (Wildman–Crippen LogP) is 3.20. The van der Waals surface area contributed by atoms with E-state index >= 15 is 0 Å². The van der Waals surface area contributed by atoms with Crippen molar-refractivity contribution in [1.82, 2.24) is 24.7 Å². The molecule has 26 heavy (non-hydrogen) atoms. The van der Waals surface area contributed by atoms with Gasteiger partial charge in [0.25, 0.3) is 0 Å². The van der Waals surface area contributed by atoms with Crippen LogP contribution in [-0.4, -0.2) is 44.6 Å². The maximum absolute atomic E-state index is 5.65. The lowest BCUT2D eigenvalue weighted by Crippen LogP contribution is -2.29. The van der Waals surface area contributed by atoms with E-state index in [0.717, 1.165) is 42.0 Å². The second kappa shape index (κ2) is 6.95. The second-order valence-corrected chi connectivity index (χ2v) is 6.65. The molecular weight excluding hydrogens is 332 g/mol. The highest BCUT2D eigenvalue weighted by Gasteiger charge is 2.26. The Bertz CT molecular complexity index is 902. The molecule has 8 nitrogen and oxygen atoms in total. The van der Waals surface area contributed by atoms with Crippen LogP contribution < -0.4 is 10.1 Å². The molecule has 1 saturated heterocycles. The Hall–Kier alpha value is -2.61. The van der Waals surface area contributed by atoms with Crippen molar-refractivity contribution in [2.75, 3.05) is 25.1 Å². The highest BCUT2D eigenvalue weighted by molar-refractivity contribution is 5.82. The summed E-state index contributed by atoms with van der Waals surface area (Å²) in [4.78, 5) is 12.2. The van der Waals surface area contributed by atoms with E-state index in [9.17, 15) is 0 Å². The van der Waals surface area contributed by atoms with Gasteiger partial charge < -0.3 is 19.8 Å². The van der Waals surface area contributed by atoms with E-state index in [-0.39, 0.29) is 0 Å². The van der Waals surface area contributed by atoms with Crippen molar-refractivity contribution in [2.24, 2.45) is 5.92 Å². The molecule has 3 aromatic rings. The summed E-state index contributed by atoms with van der Waals surface area (Å²) in [5.41, 5.74) is 2.71. The summed E-state index contributed by atoms with van der Waals surface area (Å²) in [6.45, 7) is 8.31. The van der Waals surface area contributed by atoms with Crippen molar-refractivity contribution in [3.05, 3.63) is 24.2 Å². The van der Waals surface area contributed by atoms with Crippen molar-refractivity contribution in [1.29, 1.82) is 0 Å². The number of nitrogens with zero attached hydrogens (tertiary/aromatic N) is 4. The number of nitrogens with one attached hydrogen (secondary N) is 2. The fourth-order valence-electron chi connectivity index (χ4n) is 3.45. The van der Waals surface area contributed by atoms with Crippen LogP contribution in [-0.2, 0) is 4.74 Å². The molecule has 0 aromatic carbocycles. The number of aromatic amines is 1. The molecule has 0 unspecified atom stereocenters. The van der Waals surface area contributed by atoms with E-state index in [2.05, 4.69) is 43.9 Å². The lowest BCUT2D eigenvalue weighted by atomic mass is 9.98. The molecule has 0 amide bonds. The zero-order chi connectivity index (χ0) is 18.1. The molecule has 138 valence electrons. The van der Waals surface area contributed by atoms with Crippen LogP contribution in [0.1, 0.15) is 32.0 Å².